The highest BCUT2D eigenvalue weighted by molar-refractivity contribution is 14.0. The summed E-state index contributed by atoms with van der Waals surface area (Å²) in [5.74, 6) is 1.17. The van der Waals surface area contributed by atoms with Gasteiger partial charge >= 0.3 is 0 Å². The van der Waals surface area contributed by atoms with Gasteiger partial charge in [-0.15, -0.1) is 35.3 Å². The Labute approximate surface area is 196 Å². The lowest BCUT2D eigenvalue weighted by molar-refractivity contribution is -0.129. The maximum atomic E-state index is 12.0. The SMILES string of the molecule is CCC(CCNC(=NC)NCC(c1cccs1)N1CCCC1)N1CCCC1=O.I. The van der Waals surface area contributed by atoms with Crippen molar-refractivity contribution in [1.29, 1.82) is 0 Å². The molecule has 2 atom stereocenters. The molecule has 0 bridgehead atoms. The number of halogens is 1. The maximum absolute atomic E-state index is 12.0. The van der Waals surface area contributed by atoms with Crippen molar-refractivity contribution in [1.82, 2.24) is 20.4 Å². The summed E-state index contributed by atoms with van der Waals surface area (Å²) < 4.78 is 0. The molecule has 1 amide bonds. The molecule has 0 radical (unpaired) electrons. The Bertz CT molecular complexity index is 633. The zero-order valence-corrected chi connectivity index (χ0v) is 20.9. The van der Waals surface area contributed by atoms with Gasteiger partial charge in [-0.05, 0) is 56.6 Å². The fourth-order valence-corrected chi connectivity index (χ4v) is 5.21. The van der Waals surface area contributed by atoms with Crippen LogP contribution in [0.1, 0.15) is 56.4 Å². The molecule has 3 rings (SSSR count). The zero-order chi connectivity index (χ0) is 19.8. The Morgan fingerprint density at radius 3 is 2.62 bits per heavy atom. The second kappa shape index (κ2) is 12.7. The van der Waals surface area contributed by atoms with E-state index in [-0.39, 0.29) is 24.0 Å². The Morgan fingerprint density at radius 1 is 1.24 bits per heavy atom. The minimum absolute atomic E-state index is 0. The number of thiophene rings is 1. The van der Waals surface area contributed by atoms with E-state index in [0.717, 1.165) is 44.9 Å². The van der Waals surface area contributed by atoms with Crippen LogP contribution in [0.5, 0.6) is 0 Å². The minimum atomic E-state index is 0. The Hall–Kier alpha value is -0.870. The highest BCUT2D eigenvalue weighted by atomic mass is 127. The molecule has 8 heteroatoms. The lowest BCUT2D eigenvalue weighted by Gasteiger charge is -2.28. The molecule has 0 spiro atoms. The molecule has 164 valence electrons. The van der Waals surface area contributed by atoms with Crippen LogP contribution in [0.25, 0.3) is 0 Å². The van der Waals surface area contributed by atoms with Gasteiger partial charge in [-0.25, -0.2) is 0 Å². The fourth-order valence-electron chi connectivity index (χ4n) is 4.35. The van der Waals surface area contributed by atoms with Gasteiger partial charge in [0.15, 0.2) is 5.96 Å². The monoisotopic (exact) mass is 533 g/mol. The van der Waals surface area contributed by atoms with Crippen LogP contribution in [0.15, 0.2) is 22.5 Å². The Kier molecular flexibility index (Phi) is 10.7. The van der Waals surface area contributed by atoms with E-state index in [2.05, 4.69) is 49.9 Å². The third-order valence-electron chi connectivity index (χ3n) is 5.93. The Morgan fingerprint density at radius 2 is 2.03 bits per heavy atom. The molecule has 2 aliphatic rings. The Balaban J connectivity index is 0.00000300. The van der Waals surface area contributed by atoms with Crippen LogP contribution in [-0.4, -0.2) is 67.5 Å². The van der Waals surface area contributed by atoms with Gasteiger partial charge < -0.3 is 15.5 Å². The summed E-state index contributed by atoms with van der Waals surface area (Å²) in [6.45, 7) is 7.14. The summed E-state index contributed by atoms with van der Waals surface area (Å²) in [4.78, 5) is 22.5. The van der Waals surface area contributed by atoms with Gasteiger partial charge in [-0.2, -0.15) is 0 Å². The molecule has 29 heavy (non-hydrogen) atoms. The van der Waals surface area contributed by atoms with Crippen molar-refractivity contribution in [2.24, 2.45) is 4.99 Å². The molecule has 0 saturated carbocycles. The zero-order valence-electron chi connectivity index (χ0n) is 17.7. The number of hydrogen-bond acceptors (Lipinski definition) is 4. The molecule has 0 aliphatic carbocycles. The number of nitrogens with zero attached hydrogens (tertiary/aromatic N) is 3. The van der Waals surface area contributed by atoms with Gasteiger partial charge in [-0.3, -0.25) is 14.7 Å². The highest BCUT2D eigenvalue weighted by Gasteiger charge is 2.27. The van der Waals surface area contributed by atoms with E-state index in [1.807, 2.05) is 18.4 Å². The van der Waals surface area contributed by atoms with Crippen molar-refractivity contribution >= 4 is 47.2 Å². The standard InChI is InChI=1S/C21H35N5OS.HI/c1-3-17(26-14-6-9-20(26)27)10-11-23-21(22-2)24-16-18(19-8-7-15-28-19)25-12-4-5-13-25;/h7-8,15,17-18H,3-6,9-14,16H2,1-2H3,(H2,22,23,24);1H. The van der Waals surface area contributed by atoms with Crippen LogP contribution < -0.4 is 10.6 Å². The smallest absolute Gasteiger partial charge is 0.222 e. The summed E-state index contributed by atoms with van der Waals surface area (Å²) in [6.07, 6.45) is 6.28. The predicted octanol–water partition coefficient (Wildman–Crippen LogP) is 3.46. The lowest BCUT2D eigenvalue weighted by atomic mass is 10.1. The molecular formula is C21H36IN5OS. The van der Waals surface area contributed by atoms with E-state index in [9.17, 15) is 4.79 Å². The number of carbonyl (C=O) groups is 1. The second-order valence-corrected chi connectivity index (χ2v) is 8.67. The summed E-state index contributed by atoms with van der Waals surface area (Å²) >= 11 is 1.84. The van der Waals surface area contributed by atoms with E-state index < -0.39 is 0 Å². The molecule has 1 aromatic heterocycles. The minimum Gasteiger partial charge on any atom is -0.356 e. The predicted molar refractivity (Wildman–Crippen MR) is 132 cm³/mol. The number of nitrogens with one attached hydrogen (secondary N) is 2. The summed E-state index contributed by atoms with van der Waals surface area (Å²) in [5.41, 5.74) is 0. The first-order valence-electron chi connectivity index (χ1n) is 10.7. The van der Waals surface area contributed by atoms with E-state index in [1.54, 1.807) is 0 Å². The first-order chi connectivity index (χ1) is 13.7. The van der Waals surface area contributed by atoms with E-state index in [4.69, 9.17) is 0 Å². The number of carbonyl (C=O) groups excluding carboxylic acids is 1. The number of likely N-dealkylation sites (tertiary alicyclic amines) is 2. The van der Waals surface area contributed by atoms with Gasteiger partial charge in [-0.1, -0.05) is 13.0 Å². The number of hydrogen-bond donors (Lipinski definition) is 2. The van der Waals surface area contributed by atoms with Gasteiger partial charge in [0.2, 0.25) is 5.91 Å². The van der Waals surface area contributed by atoms with E-state index in [0.29, 0.717) is 24.4 Å². The van der Waals surface area contributed by atoms with Gasteiger partial charge in [0.25, 0.3) is 0 Å². The van der Waals surface area contributed by atoms with E-state index in [1.165, 1.54) is 30.8 Å². The molecule has 2 aliphatic heterocycles. The average Bonchev–Trinajstić information content (AvgIpc) is 3.47. The number of amides is 1. The largest absolute Gasteiger partial charge is 0.356 e. The third kappa shape index (κ3) is 6.82. The quantitative estimate of drug-likeness (QED) is 0.290. The van der Waals surface area contributed by atoms with Crippen molar-refractivity contribution in [2.75, 3.05) is 39.8 Å². The molecule has 6 nitrogen and oxygen atoms in total. The first kappa shape index (κ1) is 24.4. The van der Waals surface area contributed by atoms with Crippen molar-refractivity contribution < 1.29 is 4.79 Å². The molecule has 1 aromatic rings. The van der Waals surface area contributed by atoms with Crippen molar-refractivity contribution in [3.05, 3.63) is 22.4 Å². The van der Waals surface area contributed by atoms with Crippen molar-refractivity contribution in [3.8, 4) is 0 Å². The highest BCUT2D eigenvalue weighted by Crippen LogP contribution is 2.27. The molecule has 0 aromatic carbocycles. The number of rotatable bonds is 9. The topological polar surface area (TPSA) is 60.0 Å². The van der Waals surface area contributed by atoms with Crippen molar-refractivity contribution in [2.45, 2.75) is 57.5 Å². The van der Waals surface area contributed by atoms with Crippen LogP contribution in [0.4, 0.5) is 0 Å². The number of aliphatic imine (C=N–C) groups is 1. The van der Waals surface area contributed by atoms with Crippen LogP contribution in [0.2, 0.25) is 0 Å². The van der Waals surface area contributed by atoms with Crippen LogP contribution >= 0.6 is 35.3 Å². The van der Waals surface area contributed by atoms with Gasteiger partial charge in [0.1, 0.15) is 0 Å². The molecule has 2 N–H and O–H groups in total. The molecule has 3 heterocycles. The third-order valence-corrected chi connectivity index (χ3v) is 6.91. The normalized spacial score (nSPS) is 19.9. The average molecular weight is 534 g/mol. The van der Waals surface area contributed by atoms with Crippen LogP contribution in [0.3, 0.4) is 0 Å². The summed E-state index contributed by atoms with van der Waals surface area (Å²) in [5, 5.41) is 9.14. The second-order valence-electron chi connectivity index (χ2n) is 7.70. The summed E-state index contributed by atoms with van der Waals surface area (Å²) in [6, 6.07) is 5.13. The van der Waals surface area contributed by atoms with Crippen LogP contribution in [0, 0.1) is 0 Å². The molecular weight excluding hydrogens is 497 g/mol. The lowest BCUT2D eigenvalue weighted by Crippen LogP contribution is -2.44. The number of guanidine groups is 1. The van der Waals surface area contributed by atoms with Crippen LogP contribution in [-0.2, 0) is 4.79 Å². The van der Waals surface area contributed by atoms with Gasteiger partial charge in [0.05, 0.1) is 6.04 Å². The fraction of sp³-hybridized carbons (Fsp3) is 0.714. The van der Waals surface area contributed by atoms with Gasteiger partial charge in [0, 0.05) is 44.0 Å². The molecule has 2 fully saturated rings. The molecule has 2 unspecified atom stereocenters. The first-order valence-corrected chi connectivity index (χ1v) is 11.6. The molecule has 2 saturated heterocycles. The van der Waals surface area contributed by atoms with Crippen molar-refractivity contribution in [3.63, 3.8) is 0 Å². The summed E-state index contributed by atoms with van der Waals surface area (Å²) in [7, 11) is 1.83. The maximum Gasteiger partial charge on any atom is 0.222 e. The van der Waals surface area contributed by atoms with E-state index >= 15 is 0 Å².